The number of aliphatic hydroxyl groups is 1. The van der Waals surface area contributed by atoms with Gasteiger partial charge in [0.05, 0.1) is 0 Å². The van der Waals surface area contributed by atoms with Crippen molar-refractivity contribution in [2.75, 3.05) is 0 Å². The molecule has 1 fully saturated rings. The molecule has 0 aromatic carbocycles. The zero-order valence-electron chi connectivity index (χ0n) is 5.56. The van der Waals surface area contributed by atoms with Crippen molar-refractivity contribution in [3.8, 4) is 12.3 Å². The lowest BCUT2D eigenvalue weighted by atomic mass is 9.86. The molecule has 1 aliphatic rings. The molecule has 0 aromatic rings. The minimum absolute atomic E-state index is 0. The number of rotatable bonds is 0. The standard InChI is InChI=1S/C8H12O.H2/c1-2-8(9)6-4-3-5-7-8;/h1,9H,3-7H2;1H. The summed E-state index contributed by atoms with van der Waals surface area (Å²) in [5.74, 6) is 2.44. The van der Waals surface area contributed by atoms with Crippen LogP contribution in [0.3, 0.4) is 0 Å². The molecule has 1 heteroatoms. The highest BCUT2D eigenvalue weighted by Gasteiger charge is 2.25. The van der Waals surface area contributed by atoms with Crippen molar-refractivity contribution < 1.29 is 6.53 Å². The molecular weight excluding hydrogens is 112 g/mol. The molecule has 0 spiro atoms. The highest BCUT2D eigenvalue weighted by molar-refractivity contribution is 5.07. The van der Waals surface area contributed by atoms with Gasteiger partial charge in [0.1, 0.15) is 5.60 Å². The zero-order chi connectivity index (χ0) is 6.74. The SMILES string of the molecule is C#CC1(O)CCCCC1.[HH]. The van der Waals surface area contributed by atoms with Gasteiger partial charge in [-0.25, -0.2) is 0 Å². The second-order valence-corrected chi connectivity index (χ2v) is 2.74. The van der Waals surface area contributed by atoms with E-state index < -0.39 is 5.60 Å². The maximum Gasteiger partial charge on any atom is 0.125 e. The summed E-state index contributed by atoms with van der Waals surface area (Å²) < 4.78 is 0. The molecule has 1 nitrogen and oxygen atoms in total. The predicted octanol–water partition coefficient (Wildman–Crippen LogP) is 1.56. The van der Waals surface area contributed by atoms with Crippen LogP contribution in [0.5, 0.6) is 0 Å². The number of hydrogen-bond acceptors (Lipinski definition) is 1. The summed E-state index contributed by atoms with van der Waals surface area (Å²) in [7, 11) is 0. The molecule has 0 aromatic heterocycles. The van der Waals surface area contributed by atoms with Gasteiger partial charge in [-0.1, -0.05) is 12.3 Å². The minimum Gasteiger partial charge on any atom is -0.378 e. The van der Waals surface area contributed by atoms with Crippen molar-refractivity contribution in [2.45, 2.75) is 37.7 Å². The van der Waals surface area contributed by atoms with Crippen LogP contribution in [-0.2, 0) is 0 Å². The van der Waals surface area contributed by atoms with Crippen molar-refractivity contribution in [2.24, 2.45) is 0 Å². The smallest absolute Gasteiger partial charge is 0.125 e. The van der Waals surface area contributed by atoms with Crippen LogP contribution < -0.4 is 0 Å². The maximum atomic E-state index is 9.44. The molecule has 0 bridgehead atoms. The Balaban J connectivity index is 0.000000810. The molecule has 9 heavy (non-hydrogen) atoms. The van der Waals surface area contributed by atoms with E-state index in [1.807, 2.05) is 0 Å². The van der Waals surface area contributed by atoms with Crippen LogP contribution in [0.2, 0.25) is 0 Å². The Morgan fingerprint density at radius 1 is 1.33 bits per heavy atom. The Hall–Kier alpha value is -0.480. The Morgan fingerprint density at radius 3 is 2.22 bits per heavy atom. The van der Waals surface area contributed by atoms with E-state index in [9.17, 15) is 5.11 Å². The van der Waals surface area contributed by atoms with E-state index in [1.165, 1.54) is 6.42 Å². The lowest BCUT2D eigenvalue weighted by Crippen LogP contribution is -2.28. The summed E-state index contributed by atoms with van der Waals surface area (Å²) in [5, 5.41) is 9.44. The van der Waals surface area contributed by atoms with Crippen LogP contribution in [0.1, 0.15) is 33.5 Å². The summed E-state index contributed by atoms with van der Waals surface area (Å²) in [4.78, 5) is 0. The fourth-order valence-corrected chi connectivity index (χ4v) is 1.28. The van der Waals surface area contributed by atoms with Gasteiger partial charge in [-0.3, -0.25) is 0 Å². The van der Waals surface area contributed by atoms with E-state index in [1.54, 1.807) is 0 Å². The second kappa shape index (κ2) is 2.41. The average molecular weight is 126 g/mol. The zero-order valence-corrected chi connectivity index (χ0v) is 5.56. The lowest BCUT2D eigenvalue weighted by Gasteiger charge is -2.26. The Morgan fingerprint density at radius 2 is 1.89 bits per heavy atom. The third-order valence-electron chi connectivity index (χ3n) is 1.95. The predicted molar refractivity (Wildman–Crippen MR) is 39.0 cm³/mol. The summed E-state index contributed by atoms with van der Waals surface area (Å²) in [6.45, 7) is 0. The molecule has 1 saturated carbocycles. The van der Waals surface area contributed by atoms with E-state index in [0.717, 1.165) is 25.7 Å². The first kappa shape index (κ1) is 6.64. The third kappa shape index (κ3) is 1.46. The maximum absolute atomic E-state index is 9.44. The molecule has 0 amide bonds. The fraction of sp³-hybridized carbons (Fsp3) is 0.750. The number of hydrogen-bond donors (Lipinski definition) is 1. The van der Waals surface area contributed by atoms with Gasteiger partial charge in [-0.05, 0) is 25.7 Å². The van der Waals surface area contributed by atoms with E-state index in [0.29, 0.717) is 0 Å². The molecule has 1 aliphatic carbocycles. The topological polar surface area (TPSA) is 20.2 Å². The van der Waals surface area contributed by atoms with Crippen LogP contribution in [0, 0.1) is 12.3 Å². The largest absolute Gasteiger partial charge is 0.378 e. The number of terminal acetylenes is 1. The quantitative estimate of drug-likeness (QED) is 0.488. The van der Waals surface area contributed by atoms with Crippen LogP contribution in [0.15, 0.2) is 0 Å². The van der Waals surface area contributed by atoms with Gasteiger partial charge in [0, 0.05) is 1.43 Å². The van der Waals surface area contributed by atoms with Gasteiger partial charge < -0.3 is 5.11 Å². The van der Waals surface area contributed by atoms with Crippen molar-refractivity contribution >= 4 is 0 Å². The van der Waals surface area contributed by atoms with Gasteiger partial charge in [0.2, 0.25) is 0 Å². The first-order chi connectivity index (χ1) is 4.27. The highest BCUT2D eigenvalue weighted by Crippen LogP contribution is 2.26. The monoisotopic (exact) mass is 126 g/mol. The molecule has 0 heterocycles. The van der Waals surface area contributed by atoms with Crippen molar-refractivity contribution in [1.82, 2.24) is 0 Å². The Kier molecular flexibility index (Phi) is 1.78. The second-order valence-electron chi connectivity index (χ2n) is 2.74. The van der Waals surface area contributed by atoms with Gasteiger partial charge in [0.15, 0.2) is 0 Å². The first-order valence-electron chi connectivity index (χ1n) is 3.47. The molecule has 52 valence electrons. The first-order valence-corrected chi connectivity index (χ1v) is 3.47. The third-order valence-corrected chi connectivity index (χ3v) is 1.95. The summed E-state index contributed by atoms with van der Waals surface area (Å²) in [5.41, 5.74) is -0.752. The molecule has 1 N–H and O–H groups in total. The molecule has 0 atom stereocenters. The van der Waals surface area contributed by atoms with Crippen molar-refractivity contribution in [1.29, 1.82) is 0 Å². The highest BCUT2D eigenvalue weighted by atomic mass is 16.3. The summed E-state index contributed by atoms with van der Waals surface area (Å²) in [6.07, 6.45) is 10.1. The van der Waals surface area contributed by atoms with Gasteiger partial charge in [0.25, 0.3) is 0 Å². The Labute approximate surface area is 57.6 Å². The van der Waals surface area contributed by atoms with Crippen LogP contribution in [0.4, 0.5) is 0 Å². The molecule has 1 rings (SSSR count). The van der Waals surface area contributed by atoms with E-state index in [-0.39, 0.29) is 1.43 Å². The molecule has 0 saturated heterocycles. The molecule has 0 aliphatic heterocycles. The molecular formula is C8H14O. The van der Waals surface area contributed by atoms with Crippen LogP contribution in [-0.4, -0.2) is 10.7 Å². The van der Waals surface area contributed by atoms with Gasteiger partial charge >= 0.3 is 0 Å². The van der Waals surface area contributed by atoms with E-state index in [2.05, 4.69) is 5.92 Å². The van der Waals surface area contributed by atoms with Gasteiger partial charge in [-0.15, -0.1) is 6.42 Å². The average Bonchev–Trinajstić information content (AvgIpc) is 1.90. The van der Waals surface area contributed by atoms with E-state index >= 15 is 0 Å². The van der Waals surface area contributed by atoms with Crippen molar-refractivity contribution in [3.05, 3.63) is 0 Å². The van der Waals surface area contributed by atoms with Crippen molar-refractivity contribution in [3.63, 3.8) is 0 Å². The lowest BCUT2D eigenvalue weighted by molar-refractivity contribution is 0.0612. The minimum atomic E-state index is -0.752. The van der Waals surface area contributed by atoms with Crippen LogP contribution >= 0.6 is 0 Å². The molecule has 0 radical (unpaired) electrons. The van der Waals surface area contributed by atoms with E-state index in [4.69, 9.17) is 6.42 Å². The summed E-state index contributed by atoms with van der Waals surface area (Å²) >= 11 is 0. The van der Waals surface area contributed by atoms with Gasteiger partial charge in [-0.2, -0.15) is 0 Å². The Bertz CT molecular complexity index is 131. The van der Waals surface area contributed by atoms with Crippen LogP contribution in [0.25, 0.3) is 0 Å². The fourth-order valence-electron chi connectivity index (χ4n) is 1.28. The normalized spacial score (nSPS) is 24.9. The summed E-state index contributed by atoms with van der Waals surface area (Å²) in [6, 6.07) is 0. The molecule has 0 unspecified atom stereocenters.